The number of nitrogens with one attached hydrogen (secondary N) is 1. The minimum Gasteiger partial charge on any atom is -0.358 e. The van der Waals surface area contributed by atoms with Crippen molar-refractivity contribution in [3.05, 3.63) is 16.1 Å². The zero-order valence-corrected chi connectivity index (χ0v) is 13.8. The van der Waals surface area contributed by atoms with Gasteiger partial charge in [0.15, 0.2) is 5.17 Å². The maximum atomic E-state index is 4.79. The molecule has 1 N–H and O–H groups in total. The number of aryl methyl sites for hydroxylation is 1. The number of thiazole rings is 1. The van der Waals surface area contributed by atoms with Crippen molar-refractivity contribution in [3.63, 3.8) is 0 Å². The van der Waals surface area contributed by atoms with E-state index < -0.39 is 0 Å². The number of thioether (sulfide) groups is 1. The largest absolute Gasteiger partial charge is 0.358 e. The van der Waals surface area contributed by atoms with Crippen molar-refractivity contribution in [3.8, 4) is 0 Å². The summed E-state index contributed by atoms with van der Waals surface area (Å²) >= 11 is 3.72. The summed E-state index contributed by atoms with van der Waals surface area (Å²) in [5, 5.41) is 5.75. The Labute approximate surface area is 129 Å². The predicted octanol–water partition coefficient (Wildman–Crippen LogP) is 3.85. The van der Waals surface area contributed by atoms with Crippen molar-refractivity contribution in [2.45, 2.75) is 52.0 Å². The fourth-order valence-corrected chi connectivity index (χ4v) is 4.96. The monoisotopic (exact) mass is 309 g/mol. The number of aliphatic imine (C=N–C) groups is 1. The van der Waals surface area contributed by atoms with Gasteiger partial charge < -0.3 is 5.32 Å². The summed E-state index contributed by atoms with van der Waals surface area (Å²) in [6.07, 6.45) is 10.1. The zero-order chi connectivity index (χ0) is 13.8. The van der Waals surface area contributed by atoms with Gasteiger partial charge in [-0.3, -0.25) is 4.99 Å². The molecule has 1 aromatic rings. The van der Waals surface area contributed by atoms with Gasteiger partial charge in [-0.05, 0) is 24.7 Å². The Morgan fingerprint density at radius 1 is 1.30 bits per heavy atom. The third kappa shape index (κ3) is 3.37. The van der Waals surface area contributed by atoms with Crippen LogP contribution >= 0.6 is 23.1 Å². The van der Waals surface area contributed by atoms with E-state index in [2.05, 4.69) is 17.2 Å². The van der Waals surface area contributed by atoms with Crippen LogP contribution in [0.1, 0.15) is 48.9 Å². The first-order valence-electron chi connectivity index (χ1n) is 7.64. The van der Waals surface area contributed by atoms with E-state index in [-0.39, 0.29) is 0 Å². The molecule has 0 atom stereocenters. The predicted molar refractivity (Wildman–Crippen MR) is 88.6 cm³/mol. The molecule has 1 saturated carbocycles. The van der Waals surface area contributed by atoms with E-state index in [1.54, 1.807) is 11.3 Å². The van der Waals surface area contributed by atoms with Gasteiger partial charge in [-0.1, -0.05) is 37.9 Å². The zero-order valence-electron chi connectivity index (χ0n) is 12.2. The average Bonchev–Trinajstić information content (AvgIpc) is 2.96. The van der Waals surface area contributed by atoms with Crippen LogP contribution in [0.2, 0.25) is 0 Å². The molecule has 0 saturated heterocycles. The molecule has 3 rings (SSSR count). The molecule has 0 bridgehead atoms. The quantitative estimate of drug-likeness (QED) is 0.921. The first kappa shape index (κ1) is 14.4. The third-order valence-corrected chi connectivity index (χ3v) is 6.77. The van der Waals surface area contributed by atoms with Gasteiger partial charge in [0.2, 0.25) is 0 Å². The average molecular weight is 310 g/mol. The van der Waals surface area contributed by atoms with E-state index in [1.807, 2.05) is 18.0 Å². The van der Waals surface area contributed by atoms with E-state index >= 15 is 0 Å². The van der Waals surface area contributed by atoms with Crippen LogP contribution in [-0.4, -0.2) is 22.4 Å². The maximum absolute atomic E-state index is 4.79. The summed E-state index contributed by atoms with van der Waals surface area (Å²) in [4.78, 5) is 10.6. The molecule has 2 heterocycles. The molecule has 5 heteroatoms. The Bertz CT molecular complexity index is 475. The van der Waals surface area contributed by atoms with Crippen molar-refractivity contribution < 1.29 is 0 Å². The van der Waals surface area contributed by atoms with E-state index in [9.17, 15) is 0 Å². The standard InChI is InChI=1S/C15H23N3S2/c1-2-12-8-16-13(20-12)9-17-14-18-10-15(11-19-14)6-4-3-5-7-15/h8H,2-7,9-11H2,1H3,(H,17,18). The molecule has 0 aromatic carbocycles. The second-order valence-corrected chi connectivity index (χ2v) is 8.06. The van der Waals surface area contributed by atoms with E-state index in [0.717, 1.165) is 24.7 Å². The third-order valence-electron chi connectivity index (χ3n) is 4.33. The van der Waals surface area contributed by atoms with Crippen LogP contribution in [0.4, 0.5) is 0 Å². The number of rotatable bonds is 3. The molecule has 0 amide bonds. The highest BCUT2D eigenvalue weighted by Crippen LogP contribution is 2.41. The molecular weight excluding hydrogens is 286 g/mol. The summed E-state index contributed by atoms with van der Waals surface area (Å²) in [5.74, 6) is 1.25. The van der Waals surface area contributed by atoms with Crippen molar-refractivity contribution in [2.24, 2.45) is 10.4 Å². The molecule has 110 valence electrons. The van der Waals surface area contributed by atoms with Gasteiger partial charge in [0.05, 0.1) is 6.54 Å². The smallest absolute Gasteiger partial charge is 0.156 e. The number of amidine groups is 1. The minimum atomic E-state index is 0.519. The highest BCUT2D eigenvalue weighted by molar-refractivity contribution is 8.13. The minimum absolute atomic E-state index is 0.519. The molecule has 0 unspecified atom stereocenters. The Balaban J connectivity index is 1.51. The molecule has 1 spiro atoms. The van der Waals surface area contributed by atoms with Crippen LogP contribution in [0.25, 0.3) is 0 Å². The topological polar surface area (TPSA) is 37.3 Å². The normalized spacial score (nSPS) is 21.8. The molecule has 3 nitrogen and oxygen atoms in total. The fourth-order valence-electron chi connectivity index (χ4n) is 3.01. The van der Waals surface area contributed by atoms with E-state index in [1.165, 1.54) is 47.7 Å². The van der Waals surface area contributed by atoms with Crippen LogP contribution in [0.3, 0.4) is 0 Å². The van der Waals surface area contributed by atoms with Gasteiger partial charge in [0, 0.05) is 23.4 Å². The molecule has 0 radical (unpaired) electrons. The van der Waals surface area contributed by atoms with Gasteiger partial charge in [0.1, 0.15) is 5.01 Å². The lowest BCUT2D eigenvalue weighted by Crippen LogP contribution is -2.36. The molecule has 1 aliphatic carbocycles. The second-order valence-electron chi connectivity index (χ2n) is 5.90. The first-order chi connectivity index (χ1) is 9.80. The van der Waals surface area contributed by atoms with Crippen LogP contribution < -0.4 is 5.32 Å². The highest BCUT2D eigenvalue weighted by Gasteiger charge is 2.34. The van der Waals surface area contributed by atoms with Gasteiger partial charge in [-0.25, -0.2) is 4.98 Å². The van der Waals surface area contributed by atoms with Crippen LogP contribution in [0.5, 0.6) is 0 Å². The van der Waals surface area contributed by atoms with Gasteiger partial charge >= 0.3 is 0 Å². The van der Waals surface area contributed by atoms with Gasteiger partial charge in [-0.2, -0.15) is 0 Å². The van der Waals surface area contributed by atoms with Crippen LogP contribution in [-0.2, 0) is 13.0 Å². The summed E-state index contributed by atoms with van der Waals surface area (Å²) in [6, 6.07) is 0. The summed E-state index contributed by atoms with van der Waals surface area (Å²) < 4.78 is 0. The maximum Gasteiger partial charge on any atom is 0.156 e. The summed E-state index contributed by atoms with van der Waals surface area (Å²) in [7, 11) is 0. The number of hydrogen-bond acceptors (Lipinski definition) is 5. The lowest BCUT2D eigenvalue weighted by Gasteiger charge is -2.38. The second kappa shape index (κ2) is 6.48. The van der Waals surface area contributed by atoms with E-state index in [0.29, 0.717) is 5.41 Å². The molecule has 20 heavy (non-hydrogen) atoms. The molecule has 1 aliphatic heterocycles. The molecule has 2 aliphatic rings. The Hall–Kier alpha value is -0.550. The number of nitrogens with zero attached hydrogens (tertiary/aromatic N) is 2. The fraction of sp³-hybridized carbons (Fsp3) is 0.733. The Kier molecular flexibility index (Phi) is 4.66. The highest BCUT2D eigenvalue weighted by atomic mass is 32.2. The Morgan fingerprint density at radius 2 is 2.15 bits per heavy atom. The molecule has 1 fully saturated rings. The van der Waals surface area contributed by atoms with Crippen molar-refractivity contribution in [1.29, 1.82) is 0 Å². The first-order valence-corrected chi connectivity index (χ1v) is 9.45. The molecule has 1 aromatic heterocycles. The Morgan fingerprint density at radius 3 is 2.80 bits per heavy atom. The summed E-state index contributed by atoms with van der Waals surface area (Å²) in [6.45, 7) is 4.03. The van der Waals surface area contributed by atoms with Crippen LogP contribution in [0.15, 0.2) is 11.2 Å². The van der Waals surface area contributed by atoms with Gasteiger partial charge in [-0.15, -0.1) is 11.3 Å². The lowest BCUT2D eigenvalue weighted by atomic mass is 9.75. The van der Waals surface area contributed by atoms with Gasteiger partial charge in [0.25, 0.3) is 0 Å². The number of aromatic nitrogens is 1. The molecular formula is C15H23N3S2. The van der Waals surface area contributed by atoms with Crippen molar-refractivity contribution in [1.82, 2.24) is 10.3 Å². The van der Waals surface area contributed by atoms with Crippen molar-refractivity contribution >= 4 is 28.3 Å². The SMILES string of the molecule is CCc1cnc(CNC2=NCC3(CCCCC3)CS2)s1. The van der Waals surface area contributed by atoms with Crippen molar-refractivity contribution in [2.75, 3.05) is 12.3 Å². The summed E-state index contributed by atoms with van der Waals surface area (Å²) in [5.41, 5.74) is 0.519. The lowest BCUT2D eigenvalue weighted by molar-refractivity contribution is 0.232. The van der Waals surface area contributed by atoms with E-state index in [4.69, 9.17) is 4.99 Å². The number of hydrogen-bond donors (Lipinski definition) is 1. The van der Waals surface area contributed by atoms with Crippen LogP contribution in [0, 0.1) is 5.41 Å².